The van der Waals surface area contributed by atoms with Crippen molar-refractivity contribution >= 4 is 28.6 Å². The number of benzene rings is 1. The van der Waals surface area contributed by atoms with Crippen LogP contribution in [0.3, 0.4) is 0 Å². The molecule has 2 aliphatic rings. The number of amides is 1. The molecule has 0 spiro atoms. The summed E-state index contributed by atoms with van der Waals surface area (Å²) in [4.78, 5) is 36.2. The molecule has 8 nitrogen and oxygen atoms in total. The molecule has 1 amide bonds. The number of Topliss-reactive ketones (excluding diaryl/α,β-unsaturated/α-hetero) is 1. The van der Waals surface area contributed by atoms with Crippen LogP contribution in [-0.4, -0.2) is 46.7 Å². The van der Waals surface area contributed by atoms with Gasteiger partial charge in [0, 0.05) is 42.2 Å². The number of nitrogens with zero attached hydrogens (tertiary/aromatic N) is 4. The molecule has 0 radical (unpaired) electrons. The number of fused-ring (bicyclic) bond motifs is 3. The van der Waals surface area contributed by atoms with E-state index < -0.39 is 0 Å². The van der Waals surface area contributed by atoms with Crippen LogP contribution < -0.4 is 9.64 Å². The van der Waals surface area contributed by atoms with Crippen LogP contribution in [0.15, 0.2) is 30.5 Å². The molecule has 36 heavy (non-hydrogen) atoms. The third-order valence-corrected chi connectivity index (χ3v) is 7.85. The quantitative estimate of drug-likeness (QED) is 0.485. The Balaban J connectivity index is 1.63. The van der Waals surface area contributed by atoms with Gasteiger partial charge >= 0.3 is 6.09 Å². The summed E-state index contributed by atoms with van der Waals surface area (Å²) in [6.07, 6.45) is 7.64. The lowest BCUT2D eigenvalue weighted by Gasteiger charge is -2.34. The Morgan fingerprint density at radius 3 is 2.64 bits per heavy atom. The number of ketones is 1. The maximum atomic E-state index is 12.6. The Kier molecular flexibility index (Phi) is 6.69. The van der Waals surface area contributed by atoms with Gasteiger partial charge in [0.1, 0.15) is 11.6 Å². The Bertz CT molecular complexity index is 1280. The number of aromatic nitrogens is 3. The van der Waals surface area contributed by atoms with Crippen LogP contribution in [0.25, 0.3) is 11.0 Å². The third-order valence-electron chi connectivity index (χ3n) is 7.85. The van der Waals surface area contributed by atoms with Crippen molar-refractivity contribution in [3.05, 3.63) is 47.4 Å². The van der Waals surface area contributed by atoms with Crippen molar-refractivity contribution < 1.29 is 19.1 Å². The lowest BCUT2D eigenvalue weighted by atomic mass is 9.83. The zero-order valence-corrected chi connectivity index (χ0v) is 21.5. The van der Waals surface area contributed by atoms with E-state index in [1.54, 1.807) is 18.9 Å². The summed E-state index contributed by atoms with van der Waals surface area (Å²) in [7, 11) is 3.03. The molecule has 0 unspecified atom stereocenters. The number of anilines is 1. The molecule has 8 heteroatoms. The average Bonchev–Trinajstić information content (AvgIpc) is 3.26. The summed E-state index contributed by atoms with van der Waals surface area (Å²) >= 11 is 0. The summed E-state index contributed by atoms with van der Waals surface area (Å²) in [6, 6.07) is 8.27. The monoisotopic (exact) mass is 490 g/mol. The van der Waals surface area contributed by atoms with E-state index in [0.29, 0.717) is 12.3 Å². The SMILES string of the molecule is COC(=O)N1c2ccc3c(nc(Cc4ccc(OC)nc4)n3[C@@H]3CCC[C@@H](C(C)=O)C3)c2CC[C@@H]1C. The topological polar surface area (TPSA) is 86.5 Å². The van der Waals surface area contributed by atoms with Crippen LogP contribution in [0.5, 0.6) is 5.88 Å². The molecular weight excluding hydrogens is 456 g/mol. The first-order valence-corrected chi connectivity index (χ1v) is 12.8. The lowest BCUT2D eigenvalue weighted by molar-refractivity contribution is -0.122. The highest BCUT2D eigenvalue weighted by Crippen LogP contribution is 2.41. The number of methoxy groups -OCH3 is 2. The molecule has 190 valence electrons. The number of carbonyl (C=O) groups excluding carboxylic acids is 2. The molecule has 0 N–H and O–H groups in total. The van der Waals surface area contributed by atoms with Gasteiger partial charge in [-0.1, -0.05) is 12.5 Å². The van der Waals surface area contributed by atoms with Crippen LogP contribution >= 0.6 is 0 Å². The van der Waals surface area contributed by atoms with Crippen molar-refractivity contribution in [2.75, 3.05) is 19.1 Å². The second kappa shape index (κ2) is 9.91. The average molecular weight is 491 g/mol. The van der Waals surface area contributed by atoms with Crippen molar-refractivity contribution in [1.29, 1.82) is 0 Å². The first-order chi connectivity index (χ1) is 17.4. The van der Waals surface area contributed by atoms with Gasteiger partial charge in [-0.2, -0.15) is 0 Å². The van der Waals surface area contributed by atoms with E-state index in [4.69, 9.17) is 14.5 Å². The van der Waals surface area contributed by atoms with Crippen LogP contribution in [0.1, 0.15) is 68.9 Å². The van der Waals surface area contributed by atoms with Crippen molar-refractivity contribution in [3.8, 4) is 5.88 Å². The predicted octanol–water partition coefficient (Wildman–Crippen LogP) is 5.26. The van der Waals surface area contributed by atoms with Gasteiger partial charge in [-0.05, 0) is 63.6 Å². The highest BCUT2D eigenvalue weighted by Gasteiger charge is 2.33. The number of hydrogen-bond donors (Lipinski definition) is 0. The minimum atomic E-state index is -0.344. The summed E-state index contributed by atoms with van der Waals surface area (Å²) < 4.78 is 12.7. The van der Waals surface area contributed by atoms with Gasteiger partial charge in [-0.3, -0.25) is 9.69 Å². The van der Waals surface area contributed by atoms with E-state index in [1.807, 2.05) is 24.4 Å². The number of aryl methyl sites for hydroxylation is 1. The number of imidazole rings is 1. The summed E-state index contributed by atoms with van der Waals surface area (Å²) in [5, 5.41) is 0. The molecular formula is C28H34N4O4. The minimum Gasteiger partial charge on any atom is -0.481 e. The molecule has 3 heterocycles. The fourth-order valence-corrected chi connectivity index (χ4v) is 5.94. The lowest BCUT2D eigenvalue weighted by Crippen LogP contribution is -2.42. The molecule has 5 rings (SSSR count). The van der Waals surface area contributed by atoms with E-state index in [9.17, 15) is 9.59 Å². The molecule has 1 aliphatic carbocycles. The number of hydrogen-bond acceptors (Lipinski definition) is 6. The van der Waals surface area contributed by atoms with Gasteiger partial charge < -0.3 is 14.0 Å². The van der Waals surface area contributed by atoms with E-state index in [2.05, 4.69) is 22.5 Å². The zero-order chi connectivity index (χ0) is 25.4. The van der Waals surface area contributed by atoms with Crippen LogP contribution in [-0.2, 0) is 22.4 Å². The molecule has 1 aromatic carbocycles. The highest BCUT2D eigenvalue weighted by molar-refractivity contribution is 5.95. The van der Waals surface area contributed by atoms with Crippen LogP contribution in [0.4, 0.5) is 10.5 Å². The molecule has 2 aromatic heterocycles. The maximum absolute atomic E-state index is 12.6. The van der Waals surface area contributed by atoms with Crippen LogP contribution in [0, 0.1) is 5.92 Å². The first-order valence-electron chi connectivity index (χ1n) is 12.8. The van der Waals surface area contributed by atoms with E-state index in [1.165, 1.54) is 7.11 Å². The standard InChI is InChI=1S/C28H34N4O4/c1-17-8-10-22-23(31(17)28(34)36-4)11-12-24-27(22)30-25(14-19-9-13-26(35-3)29-16-19)32(24)21-7-5-6-20(15-21)18(2)33/h9,11-13,16-17,20-21H,5-8,10,14-15H2,1-4H3/t17-,20+,21+/m0/s1. The Morgan fingerprint density at radius 1 is 1.11 bits per heavy atom. The molecule has 0 bridgehead atoms. The van der Waals surface area contributed by atoms with E-state index in [-0.39, 0.29) is 29.9 Å². The fraction of sp³-hybridized carbons (Fsp3) is 0.500. The van der Waals surface area contributed by atoms with Crippen molar-refractivity contribution in [2.24, 2.45) is 5.92 Å². The Labute approximate surface area is 211 Å². The van der Waals surface area contributed by atoms with Crippen LogP contribution in [0.2, 0.25) is 0 Å². The molecule has 0 saturated heterocycles. The normalized spacial score (nSPS) is 21.8. The second-order valence-electron chi connectivity index (χ2n) is 10.1. The van der Waals surface area contributed by atoms with Crippen molar-refractivity contribution in [2.45, 2.75) is 70.9 Å². The second-order valence-corrected chi connectivity index (χ2v) is 10.1. The fourth-order valence-electron chi connectivity index (χ4n) is 5.94. The van der Waals surface area contributed by atoms with Crippen molar-refractivity contribution in [3.63, 3.8) is 0 Å². The number of carbonyl (C=O) groups is 2. The minimum absolute atomic E-state index is 0.0593. The molecule has 1 saturated carbocycles. The van der Waals surface area contributed by atoms with Gasteiger partial charge in [0.05, 0.1) is 30.9 Å². The highest BCUT2D eigenvalue weighted by atomic mass is 16.5. The Morgan fingerprint density at radius 2 is 1.94 bits per heavy atom. The Hall–Kier alpha value is -3.42. The molecule has 3 atom stereocenters. The molecule has 1 aliphatic heterocycles. The largest absolute Gasteiger partial charge is 0.481 e. The van der Waals surface area contributed by atoms with Gasteiger partial charge in [0.2, 0.25) is 5.88 Å². The van der Waals surface area contributed by atoms with E-state index >= 15 is 0 Å². The van der Waals surface area contributed by atoms with Gasteiger partial charge in [-0.25, -0.2) is 14.8 Å². The first kappa shape index (κ1) is 24.3. The van der Waals surface area contributed by atoms with Gasteiger partial charge in [0.25, 0.3) is 0 Å². The molecule has 3 aromatic rings. The number of pyridine rings is 1. The van der Waals surface area contributed by atoms with Gasteiger partial charge in [-0.15, -0.1) is 0 Å². The molecule has 1 fully saturated rings. The third kappa shape index (κ3) is 4.33. The number of ether oxygens (including phenoxy) is 2. The predicted molar refractivity (Wildman–Crippen MR) is 138 cm³/mol. The van der Waals surface area contributed by atoms with E-state index in [0.717, 1.165) is 72.2 Å². The summed E-state index contributed by atoms with van der Waals surface area (Å²) in [6.45, 7) is 3.76. The summed E-state index contributed by atoms with van der Waals surface area (Å²) in [5.74, 6) is 1.90. The van der Waals surface area contributed by atoms with Crippen molar-refractivity contribution in [1.82, 2.24) is 14.5 Å². The maximum Gasteiger partial charge on any atom is 0.414 e. The zero-order valence-electron chi connectivity index (χ0n) is 21.5. The van der Waals surface area contributed by atoms with Gasteiger partial charge in [0.15, 0.2) is 0 Å². The number of rotatable bonds is 5. The smallest absolute Gasteiger partial charge is 0.414 e. The summed E-state index contributed by atoms with van der Waals surface area (Å²) in [5.41, 5.74) is 5.02.